The van der Waals surface area contributed by atoms with E-state index in [-0.39, 0.29) is 27.8 Å². The number of hydrogen-bond acceptors (Lipinski definition) is 5. The van der Waals surface area contributed by atoms with Crippen LogP contribution >= 0.6 is 0 Å². The van der Waals surface area contributed by atoms with Gasteiger partial charge in [-0.25, -0.2) is 9.36 Å². The number of nitrogens with zero attached hydrogens (tertiary/aromatic N) is 1. The Morgan fingerprint density at radius 3 is 2.13 bits per heavy atom. The zero-order valence-electron chi connectivity index (χ0n) is 20.3. The first-order valence-corrected chi connectivity index (χ1v) is 16.6. The molecule has 1 aromatic rings. The topological polar surface area (TPSA) is 82.5 Å². The fourth-order valence-corrected chi connectivity index (χ4v) is 5.27. The molecule has 0 aliphatic carbocycles. The first-order valence-electron chi connectivity index (χ1n) is 10.7. The van der Waals surface area contributed by atoms with Crippen LogP contribution in [-0.4, -0.2) is 45.0 Å². The van der Waals surface area contributed by atoms with Crippen molar-refractivity contribution in [3.8, 4) is 0 Å². The van der Waals surface area contributed by atoms with Gasteiger partial charge in [-0.05, 0) is 36.3 Å². The molecule has 1 fully saturated rings. The van der Waals surface area contributed by atoms with Gasteiger partial charge in [-0.2, -0.15) is 0 Å². The molecule has 1 aliphatic heterocycles. The molecule has 0 aromatic carbocycles. The normalized spacial score (nSPS) is 23.7. The van der Waals surface area contributed by atoms with Gasteiger partial charge in [0.1, 0.15) is 12.3 Å². The smallest absolute Gasteiger partial charge is 0.330 e. The minimum absolute atomic E-state index is 0.0387. The molecule has 172 valence electrons. The van der Waals surface area contributed by atoms with Crippen molar-refractivity contribution in [2.45, 2.75) is 103 Å². The Hall–Kier alpha value is -1.01. The van der Waals surface area contributed by atoms with Crippen molar-refractivity contribution in [3.63, 3.8) is 0 Å². The Bertz CT molecular complexity index is 820. The van der Waals surface area contributed by atoms with E-state index in [9.17, 15) is 9.59 Å². The summed E-state index contributed by atoms with van der Waals surface area (Å²) in [6, 6.07) is 1.34. The summed E-state index contributed by atoms with van der Waals surface area (Å²) < 4.78 is 20.5. The van der Waals surface area contributed by atoms with Gasteiger partial charge in [0.2, 0.25) is 0 Å². The molecule has 1 saturated heterocycles. The average molecular weight is 457 g/mol. The van der Waals surface area contributed by atoms with E-state index in [1.165, 1.54) is 12.3 Å². The second-order valence-corrected chi connectivity index (χ2v) is 20.9. The lowest BCUT2D eigenvalue weighted by atomic mass is 10.2. The van der Waals surface area contributed by atoms with Gasteiger partial charge in [-0.15, -0.1) is 0 Å². The summed E-state index contributed by atoms with van der Waals surface area (Å²) in [7, 11) is -4.06. The van der Waals surface area contributed by atoms with E-state index in [0.717, 1.165) is 4.57 Å². The first-order chi connectivity index (χ1) is 13.5. The van der Waals surface area contributed by atoms with E-state index in [4.69, 9.17) is 13.6 Å². The minimum Gasteiger partial charge on any atom is -0.414 e. The summed E-state index contributed by atoms with van der Waals surface area (Å²) in [5.41, 5.74) is -0.842. The summed E-state index contributed by atoms with van der Waals surface area (Å²) in [6.07, 6.45) is 0.588. The monoisotopic (exact) mass is 456 g/mol. The van der Waals surface area contributed by atoms with E-state index in [0.29, 0.717) is 13.0 Å². The number of rotatable bonds is 6. The van der Waals surface area contributed by atoms with Crippen LogP contribution in [-0.2, 0) is 13.6 Å². The van der Waals surface area contributed by atoms with Crippen LogP contribution < -0.4 is 11.2 Å². The van der Waals surface area contributed by atoms with Gasteiger partial charge in [-0.1, -0.05) is 41.5 Å². The number of aromatic amines is 1. The summed E-state index contributed by atoms with van der Waals surface area (Å²) in [5.74, 6) is 0. The highest BCUT2D eigenvalue weighted by atomic mass is 28.4. The van der Waals surface area contributed by atoms with Crippen LogP contribution in [0.4, 0.5) is 0 Å². The molecule has 1 N–H and O–H groups in total. The Labute approximate surface area is 182 Å². The zero-order valence-corrected chi connectivity index (χ0v) is 22.3. The Balaban J connectivity index is 2.31. The molecule has 7 nitrogen and oxygen atoms in total. The lowest BCUT2D eigenvalue weighted by Crippen LogP contribution is -2.48. The van der Waals surface area contributed by atoms with Crippen LogP contribution in [0.2, 0.25) is 36.3 Å². The van der Waals surface area contributed by atoms with Crippen molar-refractivity contribution in [1.82, 2.24) is 9.55 Å². The molecule has 1 aliphatic rings. The number of aromatic nitrogens is 2. The van der Waals surface area contributed by atoms with Crippen molar-refractivity contribution < 1.29 is 13.6 Å². The van der Waals surface area contributed by atoms with Gasteiger partial charge < -0.3 is 18.6 Å². The molecule has 0 radical (unpaired) electrons. The fourth-order valence-electron chi connectivity index (χ4n) is 2.90. The van der Waals surface area contributed by atoms with Gasteiger partial charge in [0, 0.05) is 18.7 Å². The van der Waals surface area contributed by atoms with E-state index in [2.05, 4.69) is 72.7 Å². The molecule has 0 saturated carbocycles. The third-order valence-corrected chi connectivity index (χ3v) is 16.0. The maximum Gasteiger partial charge on any atom is 0.330 e. The highest BCUT2D eigenvalue weighted by molar-refractivity contribution is 6.74. The fraction of sp³-hybridized carbons (Fsp3) is 0.810. The molecular formula is C21H40N2O5Si2. The SMILES string of the molecule is CC(C)(C)[Si](C)(C)OC[C@H]1O[C@@H](n2c(=O)cc[nH]c2=O)C[C@@H]1O[Si](C)(C)C(C)(C)C. The predicted molar refractivity (Wildman–Crippen MR) is 125 cm³/mol. The molecule has 1 aromatic heterocycles. The Morgan fingerprint density at radius 1 is 1.07 bits per heavy atom. The van der Waals surface area contributed by atoms with E-state index in [1.54, 1.807) is 0 Å². The van der Waals surface area contributed by atoms with Crippen molar-refractivity contribution in [2.75, 3.05) is 6.61 Å². The summed E-state index contributed by atoms with van der Waals surface area (Å²) >= 11 is 0. The maximum atomic E-state index is 12.3. The van der Waals surface area contributed by atoms with Gasteiger partial charge >= 0.3 is 5.69 Å². The second kappa shape index (κ2) is 8.50. The molecule has 0 spiro atoms. The summed E-state index contributed by atoms with van der Waals surface area (Å²) in [4.78, 5) is 27.2. The Kier molecular flexibility index (Phi) is 7.15. The predicted octanol–water partition coefficient (Wildman–Crippen LogP) is 4.24. The summed E-state index contributed by atoms with van der Waals surface area (Å²) in [5, 5.41) is 0.116. The standard InChI is InChI=1S/C21H40N2O5Si2/c1-20(2,3)29(7,8)26-14-16-15(28-30(9,10)21(4,5)6)13-18(27-16)23-17(24)11-12-22-19(23)25/h11-12,15-16,18H,13-14H2,1-10H3,(H,22,25)/t15-,16+,18+/m0/s1. The number of ether oxygens (including phenoxy) is 1. The van der Waals surface area contributed by atoms with E-state index >= 15 is 0 Å². The van der Waals surface area contributed by atoms with Gasteiger partial charge in [0.15, 0.2) is 16.6 Å². The van der Waals surface area contributed by atoms with Crippen LogP contribution in [0.3, 0.4) is 0 Å². The van der Waals surface area contributed by atoms with Crippen LogP contribution in [0.5, 0.6) is 0 Å². The van der Waals surface area contributed by atoms with Gasteiger partial charge in [-0.3, -0.25) is 4.79 Å². The maximum absolute atomic E-state index is 12.3. The van der Waals surface area contributed by atoms with Crippen molar-refractivity contribution in [2.24, 2.45) is 0 Å². The van der Waals surface area contributed by atoms with Crippen molar-refractivity contribution >= 4 is 16.6 Å². The highest BCUT2D eigenvalue weighted by Gasteiger charge is 2.47. The number of hydrogen-bond donors (Lipinski definition) is 1. The first kappa shape index (κ1) is 25.3. The molecule has 9 heteroatoms. The van der Waals surface area contributed by atoms with Crippen molar-refractivity contribution in [1.29, 1.82) is 0 Å². The second-order valence-electron chi connectivity index (χ2n) is 11.3. The average Bonchev–Trinajstić information content (AvgIpc) is 2.92. The Morgan fingerprint density at radius 2 is 1.63 bits per heavy atom. The number of H-pyrrole nitrogens is 1. The van der Waals surface area contributed by atoms with Gasteiger partial charge in [0.05, 0.1) is 12.7 Å². The highest BCUT2D eigenvalue weighted by Crippen LogP contribution is 2.42. The zero-order chi connectivity index (χ0) is 23.1. The van der Waals surface area contributed by atoms with Crippen LogP contribution in [0.25, 0.3) is 0 Å². The van der Waals surface area contributed by atoms with Gasteiger partial charge in [0.25, 0.3) is 5.56 Å². The third-order valence-electron chi connectivity index (χ3n) is 7.02. The van der Waals surface area contributed by atoms with Crippen LogP contribution in [0.15, 0.2) is 21.9 Å². The molecule has 2 heterocycles. The summed E-state index contributed by atoms with van der Waals surface area (Å²) in [6.45, 7) is 22.4. The number of nitrogens with one attached hydrogen (secondary N) is 1. The minimum atomic E-state index is -2.08. The molecular weight excluding hydrogens is 416 g/mol. The molecule has 0 bridgehead atoms. The van der Waals surface area contributed by atoms with Crippen molar-refractivity contribution in [3.05, 3.63) is 33.1 Å². The van der Waals surface area contributed by atoms with Crippen LogP contribution in [0.1, 0.15) is 54.2 Å². The van der Waals surface area contributed by atoms with E-state index in [1.807, 2.05) is 0 Å². The quantitative estimate of drug-likeness (QED) is 0.648. The van der Waals surface area contributed by atoms with E-state index < -0.39 is 28.6 Å². The lowest BCUT2D eigenvalue weighted by molar-refractivity contribution is -0.0422. The lowest BCUT2D eigenvalue weighted by Gasteiger charge is -2.40. The largest absolute Gasteiger partial charge is 0.414 e. The molecule has 3 atom stereocenters. The molecule has 0 unspecified atom stereocenters. The molecule has 0 amide bonds. The molecule has 2 rings (SSSR count). The third kappa shape index (κ3) is 5.42. The van der Waals surface area contributed by atoms with Crippen LogP contribution in [0, 0.1) is 0 Å². The molecule has 30 heavy (non-hydrogen) atoms.